The molecule has 1 fully saturated rings. The van der Waals surface area contributed by atoms with Crippen molar-refractivity contribution in [2.75, 3.05) is 13.1 Å². The van der Waals surface area contributed by atoms with E-state index in [1.165, 1.54) is 0 Å². The molecule has 2 rings (SSSR count). The molecule has 3 heteroatoms. The first kappa shape index (κ1) is 14.7. The molecule has 1 aromatic carbocycles. The van der Waals surface area contributed by atoms with Crippen LogP contribution < -0.4 is 5.32 Å². The molecule has 0 spiro atoms. The topological polar surface area (TPSA) is 41.5 Å². The summed E-state index contributed by atoms with van der Waals surface area (Å²) in [6, 6.07) is 5.61. The standard InChI is InChI=1S/C17H22N2O/c1-4-8-17(9-10-19-12-17)16(20)14-7-6-13(5-2)15(11-14)18-3/h5-7,11,19H,2-4,8-10,12H2,1H3. The van der Waals surface area contributed by atoms with Gasteiger partial charge in [0.15, 0.2) is 5.78 Å². The van der Waals surface area contributed by atoms with Gasteiger partial charge in [-0.05, 0) is 37.7 Å². The Morgan fingerprint density at radius 1 is 1.55 bits per heavy atom. The van der Waals surface area contributed by atoms with Gasteiger partial charge in [-0.15, -0.1) is 0 Å². The van der Waals surface area contributed by atoms with Gasteiger partial charge in [-0.2, -0.15) is 0 Å². The van der Waals surface area contributed by atoms with E-state index in [9.17, 15) is 4.79 Å². The summed E-state index contributed by atoms with van der Waals surface area (Å²) in [5.41, 5.74) is 2.12. The van der Waals surface area contributed by atoms with E-state index >= 15 is 0 Å². The molecule has 1 saturated heterocycles. The number of benzene rings is 1. The molecule has 1 aromatic rings. The summed E-state index contributed by atoms with van der Waals surface area (Å²) in [6.07, 6.45) is 4.60. The molecule has 1 heterocycles. The van der Waals surface area contributed by atoms with Gasteiger partial charge in [-0.3, -0.25) is 9.79 Å². The Bertz CT molecular complexity index is 528. The van der Waals surface area contributed by atoms with E-state index in [0.29, 0.717) is 0 Å². The predicted octanol–water partition coefficient (Wildman–Crippen LogP) is 3.62. The monoisotopic (exact) mass is 270 g/mol. The van der Waals surface area contributed by atoms with Gasteiger partial charge in [-0.25, -0.2) is 0 Å². The average Bonchev–Trinajstić information content (AvgIpc) is 2.96. The SMILES string of the molecule is C=Cc1ccc(C(=O)C2(CCC)CCNC2)cc1N=C. The maximum Gasteiger partial charge on any atom is 0.170 e. The summed E-state index contributed by atoms with van der Waals surface area (Å²) < 4.78 is 0. The summed E-state index contributed by atoms with van der Waals surface area (Å²) >= 11 is 0. The van der Waals surface area contributed by atoms with Gasteiger partial charge in [0.1, 0.15) is 0 Å². The average molecular weight is 270 g/mol. The van der Waals surface area contributed by atoms with E-state index in [2.05, 4.69) is 30.5 Å². The second-order valence-corrected chi connectivity index (χ2v) is 5.42. The molecule has 1 aliphatic heterocycles. The van der Waals surface area contributed by atoms with Crippen molar-refractivity contribution in [3.05, 3.63) is 35.9 Å². The second-order valence-electron chi connectivity index (χ2n) is 5.42. The Hall–Kier alpha value is -1.74. The summed E-state index contributed by atoms with van der Waals surface area (Å²) in [4.78, 5) is 16.9. The largest absolute Gasteiger partial charge is 0.316 e. The summed E-state index contributed by atoms with van der Waals surface area (Å²) in [6.45, 7) is 11.1. The van der Waals surface area contributed by atoms with Crippen LogP contribution in [-0.4, -0.2) is 25.6 Å². The highest BCUT2D eigenvalue weighted by atomic mass is 16.1. The highest BCUT2D eigenvalue weighted by molar-refractivity contribution is 6.02. The number of hydrogen-bond donors (Lipinski definition) is 1. The number of hydrogen-bond acceptors (Lipinski definition) is 3. The number of carbonyl (C=O) groups is 1. The number of nitrogens with zero attached hydrogens (tertiary/aromatic N) is 1. The maximum absolute atomic E-state index is 12.9. The lowest BCUT2D eigenvalue weighted by atomic mass is 9.76. The van der Waals surface area contributed by atoms with Crippen LogP contribution in [0.4, 0.5) is 5.69 Å². The third-order valence-corrected chi connectivity index (χ3v) is 4.14. The van der Waals surface area contributed by atoms with Gasteiger partial charge >= 0.3 is 0 Å². The summed E-state index contributed by atoms with van der Waals surface area (Å²) in [7, 11) is 0. The van der Waals surface area contributed by atoms with Crippen LogP contribution in [-0.2, 0) is 0 Å². The molecule has 0 radical (unpaired) electrons. The van der Waals surface area contributed by atoms with Gasteiger partial charge in [0, 0.05) is 17.5 Å². The first-order chi connectivity index (χ1) is 9.66. The summed E-state index contributed by atoms with van der Waals surface area (Å²) in [5.74, 6) is 0.227. The molecule has 20 heavy (non-hydrogen) atoms. The minimum absolute atomic E-state index is 0.227. The van der Waals surface area contributed by atoms with Gasteiger partial charge in [-0.1, -0.05) is 38.1 Å². The molecule has 1 atom stereocenters. The van der Waals surface area contributed by atoms with E-state index in [1.54, 1.807) is 6.08 Å². The van der Waals surface area contributed by atoms with Crippen LogP contribution in [0, 0.1) is 5.41 Å². The summed E-state index contributed by atoms with van der Waals surface area (Å²) in [5, 5.41) is 3.33. The molecule has 106 valence electrons. The molecular formula is C17H22N2O. The lowest BCUT2D eigenvalue weighted by Gasteiger charge is -2.26. The molecular weight excluding hydrogens is 248 g/mol. The molecule has 0 aromatic heterocycles. The number of aliphatic imine (C=N–C) groups is 1. The van der Waals surface area contributed by atoms with Gasteiger partial charge in [0.25, 0.3) is 0 Å². The van der Waals surface area contributed by atoms with Crippen molar-refractivity contribution in [1.82, 2.24) is 5.32 Å². The van der Waals surface area contributed by atoms with Crippen molar-refractivity contribution in [3.8, 4) is 0 Å². The van der Waals surface area contributed by atoms with Gasteiger partial charge < -0.3 is 5.32 Å². The van der Waals surface area contributed by atoms with E-state index < -0.39 is 0 Å². The zero-order valence-electron chi connectivity index (χ0n) is 12.1. The third-order valence-electron chi connectivity index (χ3n) is 4.14. The molecule has 1 unspecified atom stereocenters. The maximum atomic E-state index is 12.9. The Balaban J connectivity index is 2.37. The fraction of sp³-hybridized carbons (Fsp3) is 0.412. The first-order valence-electron chi connectivity index (χ1n) is 7.15. The first-order valence-corrected chi connectivity index (χ1v) is 7.15. The molecule has 1 aliphatic rings. The quantitative estimate of drug-likeness (QED) is 0.633. The minimum Gasteiger partial charge on any atom is -0.316 e. The normalized spacial score (nSPS) is 21.6. The van der Waals surface area contributed by atoms with Crippen molar-refractivity contribution in [2.45, 2.75) is 26.2 Å². The Labute approximate surface area is 120 Å². The van der Waals surface area contributed by atoms with Crippen LogP contribution in [0.1, 0.15) is 42.1 Å². The van der Waals surface area contributed by atoms with Crippen LogP contribution in [0.15, 0.2) is 29.8 Å². The number of rotatable bonds is 6. The molecule has 3 nitrogen and oxygen atoms in total. The molecule has 0 saturated carbocycles. The van der Waals surface area contributed by atoms with Crippen LogP contribution in [0.5, 0.6) is 0 Å². The van der Waals surface area contributed by atoms with E-state index in [-0.39, 0.29) is 11.2 Å². The Morgan fingerprint density at radius 3 is 2.90 bits per heavy atom. The fourth-order valence-corrected chi connectivity index (χ4v) is 3.04. The smallest absolute Gasteiger partial charge is 0.170 e. The highest BCUT2D eigenvalue weighted by Gasteiger charge is 2.40. The fourth-order valence-electron chi connectivity index (χ4n) is 3.04. The second kappa shape index (κ2) is 6.14. The van der Waals surface area contributed by atoms with Crippen molar-refractivity contribution in [3.63, 3.8) is 0 Å². The molecule has 1 N–H and O–H groups in total. The molecule has 0 bridgehead atoms. The van der Waals surface area contributed by atoms with Gasteiger partial charge in [0.05, 0.1) is 5.69 Å². The van der Waals surface area contributed by atoms with Crippen LogP contribution >= 0.6 is 0 Å². The van der Waals surface area contributed by atoms with Crippen LogP contribution in [0.25, 0.3) is 6.08 Å². The van der Waals surface area contributed by atoms with E-state index in [0.717, 1.165) is 49.2 Å². The number of carbonyl (C=O) groups excluding carboxylic acids is 1. The predicted molar refractivity (Wildman–Crippen MR) is 84.9 cm³/mol. The molecule has 0 aliphatic carbocycles. The molecule has 0 amide bonds. The zero-order chi connectivity index (χ0) is 14.6. The number of ketones is 1. The van der Waals surface area contributed by atoms with Crippen molar-refractivity contribution in [2.24, 2.45) is 10.4 Å². The highest BCUT2D eigenvalue weighted by Crippen LogP contribution is 2.36. The van der Waals surface area contributed by atoms with Gasteiger partial charge in [0.2, 0.25) is 0 Å². The Morgan fingerprint density at radius 2 is 2.35 bits per heavy atom. The van der Waals surface area contributed by atoms with E-state index in [4.69, 9.17) is 0 Å². The zero-order valence-corrected chi connectivity index (χ0v) is 12.1. The number of Topliss-reactive ketones (excluding diaryl/α,β-unsaturated/α-hetero) is 1. The van der Waals surface area contributed by atoms with Crippen LogP contribution in [0.3, 0.4) is 0 Å². The lowest BCUT2D eigenvalue weighted by molar-refractivity contribution is 0.0802. The third kappa shape index (κ3) is 2.59. The van der Waals surface area contributed by atoms with Crippen molar-refractivity contribution >= 4 is 24.3 Å². The van der Waals surface area contributed by atoms with E-state index in [1.807, 2.05) is 18.2 Å². The Kier molecular flexibility index (Phi) is 4.50. The minimum atomic E-state index is -0.247. The van der Waals surface area contributed by atoms with Crippen molar-refractivity contribution in [1.29, 1.82) is 0 Å². The number of nitrogens with one attached hydrogen (secondary N) is 1. The lowest BCUT2D eigenvalue weighted by Crippen LogP contribution is -2.33. The van der Waals surface area contributed by atoms with Crippen molar-refractivity contribution < 1.29 is 4.79 Å². The van der Waals surface area contributed by atoms with Crippen LogP contribution in [0.2, 0.25) is 0 Å².